The predicted octanol–water partition coefficient (Wildman–Crippen LogP) is 3.80. The highest BCUT2D eigenvalue weighted by atomic mass is 15.1. The van der Waals surface area contributed by atoms with Crippen LogP contribution in [0.1, 0.15) is 5.56 Å². The van der Waals surface area contributed by atoms with Crippen molar-refractivity contribution >= 4 is 39.7 Å². The molecule has 3 heterocycles. The van der Waals surface area contributed by atoms with Crippen molar-refractivity contribution in [3.63, 3.8) is 0 Å². The van der Waals surface area contributed by atoms with Crippen molar-refractivity contribution in [2.75, 3.05) is 16.4 Å². The van der Waals surface area contributed by atoms with E-state index >= 15 is 0 Å². The number of benzene rings is 1. The van der Waals surface area contributed by atoms with E-state index in [-0.39, 0.29) is 0 Å². The van der Waals surface area contributed by atoms with Crippen molar-refractivity contribution < 1.29 is 0 Å². The summed E-state index contributed by atoms with van der Waals surface area (Å²) in [5, 5.41) is 7.41. The van der Waals surface area contributed by atoms with Gasteiger partial charge >= 0.3 is 0 Å². The molecule has 0 saturated heterocycles. The third-order valence-corrected chi connectivity index (χ3v) is 3.93. The molecule has 3 aromatic heterocycles. The van der Waals surface area contributed by atoms with Crippen LogP contribution in [0.3, 0.4) is 0 Å². The van der Waals surface area contributed by atoms with E-state index < -0.39 is 0 Å². The van der Waals surface area contributed by atoms with E-state index in [0.29, 0.717) is 23.1 Å². The van der Waals surface area contributed by atoms with Crippen molar-refractivity contribution in [2.24, 2.45) is 0 Å². The molecule has 26 heavy (non-hydrogen) atoms. The van der Waals surface area contributed by atoms with Crippen LogP contribution in [0.4, 0.5) is 28.8 Å². The molecule has 0 amide bonds. The minimum absolute atomic E-state index is 0.405. The molecule has 4 N–H and O–H groups in total. The van der Waals surface area contributed by atoms with Gasteiger partial charge in [-0.1, -0.05) is 24.3 Å². The second kappa shape index (κ2) is 6.64. The number of aromatic nitrogens is 4. The molecular weight excluding hydrogens is 326 g/mol. The van der Waals surface area contributed by atoms with E-state index in [4.69, 9.17) is 5.73 Å². The number of para-hydroxylation sites is 1. The molecule has 0 atom stereocenters. The molecule has 0 aliphatic rings. The summed E-state index contributed by atoms with van der Waals surface area (Å²) in [5.74, 6) is 1.67. The number of nitrogens with two attached hydrogens (primary N) is 1. The summed E-state index contributed by atoms with van der Waals surface area (Å²) < 4.78 is 0. The van der Waals surface area contributed by atoms with Crippen LogP contribution in [0.15, 0.2) is 61.2 Å². The Morgan fingerprint density at radius 2 is 1.65 bits per heavy atom. The van der Waals surface area contributed by atoms with Crippen molar-refractivity contribution in [2.45, 2.75) is 6.92 Å². The van der Waals surface area contributed by atoms with E-state index in [9.17, 15) is 0 Å². The number of pyridine rings is 2. The molecule has 0 bridgehead atoms. The van der Waals surface area contributed by atoms with Gasteiger partial charge in [-0.25, -0.2) is 15.0 Å². The van der Waals surface area contributed by atoms with Gasteiger partial charge in [0.2, 0.25) is 0 Å². The summed E-state index contributed by atoms with van der Waals surface area (Å²) in [7, 11) is 0. The van der Waals surface area contributed by atoms with E-state index in [1.165, 1.54) is 6.33 Å². The molecule has 7 heteroatoms. The van der Waals surface area contributed by atoms with Crippen LogP contribution < -0.4 is 16.4 Å². The zero-order valence-corrected chi connectivity index (χ0v) is 14.1. The Morgan fingerprint density at radius 1 is 0.846 bits per heavy atom. The molecule has 0 unspecified atom stereocenters. The first kappa shape index (κ1) is 15.8. The number of hydrogen-bond donors (Lipinski definition) is 3. The summed E-state index contributed by atoms with van der Waals surface area (Å²) in [6.07, 6.45) is 4.99. The SMILES string of the molecule is Cc1ccc(Nc2ncnc(Nc3cccc4cccnc34)c2N)nc1. The van der Waals surface area contributed by atoms with Gasteiger partial charge in [0.1, 0.15) is 17.8 Å². The Labute approximate surface area is 150 Å². The number of aryl methyl sites for hydroxylation is 1. The number of nitrogens with one attached hydrogen (secondary N) is 2. The molecular formula is C19H17N7. The summed E-state index contributed by atoms with van der Waals surface area (Å²) >= 11 is 0. The minimum Gasteiger partial charge on any atom is -0.393 e. The molecule has 0 aliphatic carbocycles. The number of hydrogen-bond acceptors (Lipinski definition) is 7. The molecule has 0 radical (unpaired) electrons. The first-order valence-corrected chi connectivity index (χ1v) is 8.11. The van der Waals surface area contributed by atoms with Gasteiger partial charge in [-0.05, 0) is 30.7 Å². The third-order valence-electron chi connectivity index (χ3n) is 3.93. The van der Waals surface area contributed by atoms with Gasteiger partial charge in [-0.15, -0.1) is 0 Å². The smallest absolute Gasteiger partial charge is 0.160 e. The maximum atomic E-state index is 6.25. The van der Waals surface area contributed by atoms with Crippen molar-refractivity contribution in [1.82, 2.24) is 19.9 Å². The maximum Gasteiger partial charge on any atom is 0.160 e. The lowest BCUT2D eigenvalue weighted by Crippen LogP contribution is -2.06. The molecule has 0 aliphatic heterocycles. The fraction of sp³-hybridized carbons (Fsp3) is 0.0526. The van der Waals surface area contributed by atoms with Crippen LogP contribution in [0.25, 0.3) is 10.9 Å². The van der Waals surface area contributed by atoms with E-state index in [0.717, 1.165) is 22.2 Å². The molecule has 1 aromatic carbocycles. The summed E-state index contributed by atoms with van der Waals surface area (Å²) in [6.45, 7) is 1.98. The average Bonchev–Trinajstić information content (AvgIpc) is 2.67. The highest BCUT2D eigenvalue weighted by Gasteiger charge is 2.11. The van der Waals surface area contributed by atoms with Gasteiger partial charge in [-0.3, -0.25) is 4.98 Å². The standard InChI is InChI=1S/C19H17N7/c1-12-7-8-15(22-10-12)26-19-16(20)18(23-11-24-19)25-14-6-2-4-13-5-3-9-21-17(13)14/h2-11H,20H2,1H3,(H2,22,23,24,25,26). The average molecular weight is 343 g/mol. The molecule has 0 saturated carbocycles. The van der Waals surface area contributed by atoms with E-state index in [2.05, 4.69) is 30.6 Å². The quantitative estimate of drug-likeness (QED) is 0.518. The van der Waals surface area contributed by atoms with Crippen molar-refractivity contribution in [3.05, 3.63) is 66.7 Å². The third kappa shape index (κ3) is 3.10. The molecule has 0 spiro atoms. The molecule has 4 aromatic rings. The Balaban J connectivity index is 1.66. The second-order valence-electron chi connectivity index (χ2n) is 5.84. The fourth-order valence-corrected chi connectivity index (χ4v) is 2.59. The van der Waals surface area contributed by atoms with Crippen LogP contribution >= 0.6 is 0 Å². The van der Waals surface area contributed by atoms with Crippen LogP contribution in [0.2, 0.25) is 0 Å². The van der Waals surface area contributed by atoms with Gasteiger partial charge in [-0.2, -0.15) is 0 Å². The normalized spacial score (nSPS) is 10.7. The molecule has 7 nitrogen and oxygen atoms in total. The number of nitrogens with zero attached hydrogens (tertiary/aromatic N) is 4. The highest BCUT2D eigenvalue weighted by Crippen LogP contribution is 2.30. The summed E-state index contributed by atoms with van der Waals surface area (Å²) in [4.78, 5) is 17.2. The van der Waals surface area contributed by atoms with Gasteiger partial charge in [0.05, 0.1) is 11.2 Å². The largest absolute Gasteiger partial charge is 0.393 e. The maximum absolute atomic E-state index is 6.25. The first-order chi connectivity index (χ1) is 12.7. The Hall–Kier alpha value is -3.74. The Bertz CT molecular complexity index is 1060. The van der Waals surface area contributed by atoms with Gasteiger partial charge < -0.3 is 16.4 Å². The Morgan fingerprint density at radius 3 is 2.46 bits per heavy atom. The lowest BCUT2D eigenvalue weighted by molar-refractivity contribution is 1.16. The Kier molecular flexibility index (Phi) is 4.03. The molecule has 4 rings (SSSR count). The molecule has 0 fully saturated rings. The van der Waals surface area contributed by atoms with Crippen LogP contribution in [-0.2, 0) is 0 Å². The van der Waals surface area contributed by atoms with Crippen molar-refractivity contribution in [1.29, 1.82) is 0 Å². The highest BCUT2D eigenvalue weighted by molar-refractivity contribution is 5.93. The van der Waals surface area contributed by atoms with Crippen molar-refractivity contribution in [3.8, 4) is 0 Å². The monoisotopic (exact) mass is 343 g/mol. The topological polar surface area (TPSA) is 102 Å². The zero-order valence-electron chi connectivity index (χ0n) is 14.1. The predicted molar refractivity (Wildman–Crippen MR) is 104 cm³/mol. The lowest BCUT2D eigenvalue weighted by atomic mass is 10.2. The van der Waals surface area contributed by atoms with Crippen LogP contribution in [0.5, 0.6) is 0 Å². The second-order valence-corrected chi connectivity index (χ2v) is 5.84. The summed E-state index contributed by atoms with van der Waals surface area (Å²) in [5.41, 5.74) is 9.42. The lowest BCUT2D eigenvalue weighted by Gasteiger charge is -2.13. The zero-order chi connectivity index (χ0) is 17.9. The minimum atomic E-state index is 0.405. The fourth-order valence-electron chi connectivity index (χ4n) is 2.59. The number of rotatable bonds is 4. The summed E-state index contributed by atoms with van der Waals surface area (Å²) in [6, 6.07) is 13.7. The first-order valence-electron chi connectivity index (χ1n) is 8.11. The number of anilines is 5. The number of fused-ring (bicyclic) bond motifs is 1. The number of nitrogen functional groups attached to an aromatic ring is 1. The van der Waals surface area contributed by atoms with E-state index in [1.807, 2.05) is 49.4 Å². The van der Waals surface area contributed by atoms with Gasteiger partial charge in [0.25, 0.3) is 0 Å². The van der Waals surface area contributed by atoms with Gasteiger partial charge in [0, 0.05) is 17.8 Å². The molecule has 128 valence electrons. The van der Waals surface area contributed by atoms with Gasteiger partial charge in [0.15, 0.2) is 11.6 Å². The van der Waals surface area contributed by atoms with Crippen LogP contribution in [-0.4, -0.2) is 19.9 Å². The van der Waals surface area contributed by atoms with E-state index in [1.54, 1.807) is 12.4 Å². The van der Waals surface area contributed by atoms with Crippen LogP contribution in [0, 0.1) is 6.92 Å².